The second kappa shape index (κ2) is 9.75. The number of rotatable bonds is 3. The molecule has 0 fully saturated rings. The summed E-state index contributed by atoms with van der Waals surface area (Å²) in [5.41, 5.74) is 0. The van der Waals surface area contributed by atoms with Gasteiger partial charge in [0.2, 0.25) is 0 Å². The van der Waals surface area contributed by atoms with E-state index in [1.807, 2.05) is 0 Å². The Morgan fingerprint density at radius 2 is 2.14 bits per heavy atom. The molecular weight excluding hydrogens is 159 g/mol. The third-order valence-corrected chi connectivity index (χ3v) is 0.772. The Kier molecular flexibility index (Phi) is 14.6. The topological polar surface area (TPSA) is 0 Å². The maximum absolute atomic E-state index is 5.30. The number of alkyl halides is 1. The first kappa shape index (κ1) is 10.5. The van der Waals surface area contributed by atoms with E-state index in [2.05, 4.69) is 0 Å². The van der Waals surface area contributed by atoms with Crippen LogP contribution in [0.5, 0.6) is 0 Å². The number of hydrogen-bond acceptors (Lipinski definition) is 0. The van der Waals surface area contributed by atoms with Crippen LogP contribution in [0.1, 0.15) is 12.8 Å². The summed E-state index contributed by atoms with van der Waals surface area (Å²) in [5, 5.41) is 0. The van der Waals surface area contributed by atoms with Gasteiger partial charge in [-0.1, -0.05) is 6.42 Å². The van der Waals surface area contributed by atoms with Crippen molar-refractivity contribution in [2.24, 2.45) is 0 Å². The predicted octanol–water partition coefficient (Wildman–Crippen LogP) is 1.99. The molecule has 0 spiro atoms. The van der Waals surface area contributed by atoms with Gasteiger partial charge in [-0.15, -0.1) is 11.6 Å². The standard InChI is InChI=1S/C5H8Cl.Cu/c1-2-3-4-5-6;/h1-2H,3-5H2;/q-1;+1. The van der Waals surface area contributed by atoms with E-state index >= 15 is 0 Å². The van der Waals surface area contributed by atoms with Crippen LogP contribution < -0.4 is 0 Å². The summed E-state index contributed by atoms with van der Waals surface area (Å²) in [6.45, 7) is 5.03. The smallest absolute Gasteiger partial charge is 0.518 e. The maximum Gasteiger partial charge on any atom is 1.00 e. The largest absolute Gasteiger partial charge is 1.00 e. The fourth-order valence-corrected chi connectivity index (χ4v) is 0.349. The van der Waals surface area contributed by atoms with Crippen LogP contribution in [0.25, 0.3) is 0 Å². The van der Waals surface area contributed by atoms with Gasteiger partial charge in [0.1, 0.15) is 0 Å². The average Bonchev–Trinajstić information content (AvgIpc) is 1.61. The van der Waals surface area contributed by atoms with E-state index in [-0.39, 0.29) is 17.1 Å². The van der Waals surface area contributed by atoms with Crippen LogP contribution in [-0.2, 0) is 17.1 Å². The molecule has 0 N–H and O–H groups in total. The molecule has 0 unspecified atom stereocenters. The van der Waals surface area contributed by atoms with Crippen molar-refractivity contribution in [2.45, 2.75) is 12.8 Å². The first-order chi connectivity index (χ1) is 2.91. The van der Waals surface area contributed by atoms with Crippen molar-refractivity contribution >= 4 is 11.6 Å². The van der Waals surface area contributed by atoms with Crippen LogP contribution in [0.3, 0.4) is 0 Å². The van der Waals surface area contributed by atoms with Crippen LogP contribution in [0, 0.1) is 6.58 Å². The van der Waals surface area contributed by atoms with Gasteiger partial charge in [-0.25, -0.2) is 0 Å². The number of halogens is 1. The SMILES string of the molecule is [CH-]=CCCCCl.[Cu+]. The fourth-order valence-electron chi connectivity index (χ4n) is 0.195. The van der Waals surface area contributed by atoms with Gasteiger partial charge in [0.05, 0.1) is 0 Å². The summed E-state index contributed by atoms with van der Waals surface area (Å²) in [6, 6.07) is 0. The van der Waals surface area contributed by atoms with Gasteiger partial charge < -0.3 is 6.58 Å². The zero-order valence-corrected chi connectivity index (χ0v) is 5.65. The van der Waals surface area contributed by atoms with Gasteiger partial charge in [0, 0.05) is 5.88 Å². The molecule has 0 heterocycles. The summed E-state index contributed by atoms with van der Waals surface area (Å²) in [7, 11) is 0. The number of hydrogen-bond donors (Lipinski definition) is 0. The van der Waals surface area contributed by atoms with Crippen molar-refractivity contribution in [1.82, 2.24) is 0 Å². The number of unbranched alkanes of at least 4 members (excludes halogenated alkanes) is 1. The summed E-state index contributed by atoms with van der Waals surface area (Å²) in [4.78, 5) is 0. The van der Waals surface area contributed by atoms with Crippen molar-refractivity contribution in [3.63, 3.8) is 0 Å². The van der Waals surface area contributed by atoms with Gasteiger partial charge in [-0.05, 0) is 6.42 Å². The van der Waals surface area contributed by atoms with E-state index < -0.39 is 0 Å². The Morgan fingerprint density at radius 1 is 1.57 bits per heavy atom. The van der Waals surface area contributed by atoms with Crippen molar-refractivity contribution in [3.05, 3.63) is 12.7 Å². The molecule has 0 atom stereocenters. The Bertz CT molecular complexity index is 37.1. The molecule has 0 nitrogen and oxygen atoms in total. The molecule has 0 aromatic heterocycles. The summed E-state index contributed by atoms with van der Waals surface area (Å²) < 4.78 is 0. The Morgan fingerprint density at radius 3 is 2.29 bits per heavy atom. The van der Waals surface area contributed by atoms with E-state index in [0.717, 1.165) is 12.8 Å². The van der Waals surface area contributed by atoms with Gasteiger partial charge in [-0.2, -0.15) is 0 Å². The zero-order valence-electron chi connectivity index (χ0n) is 3.96. The normalized spacial score (nSPS) is 7.00. The molecule has 0 aromatic carbocycles. The minimum absolute atomic E-state index is 0. The quantitative estimate of drug-likeness (QED) is 0.261. The van der Waals surface area contributed by atoms with Crippen LogP contribution in [0.2, 0.25) is 0 Å². The zero-order chi connectivity index (χ0) is 4.83. The third-order valence-electron chi connectivity index (χ3n) is 0.504. The first-order valence-corrected chi connectivity index (χ1v) is 2.54. The van der Waals surface area contributed by atoms with Gasteiger partial charge >= 0.3 is 17.1 Å². The molecule has 46 valence electrons. The molecular formula is C5H8ClCu. The van der Waals surface area contributed by atoms with Gasteiger partial charge in [-0.3, -0.25) is 6.08 Å². The molecule has 0 aromatic rings. The van der Waals surface area contributed by atoms with E-state index in [4.69, 9.17) is 18.2 Å². The molecule has 0 saturated carbocycles. The average molecular weight is 167 g/mol. The van der Waals surface area contributed by atoms with E-state index in [0.29, 0.717) is 5.88 Å². The molecule has 0 aliphatic heterocycles. The van der Waals surface area contributed by atoms with Crippen molar-refractivity contribution in [2.75, 3.05) is 5.88 Å². The molecule has 2 heteroatoms. The van der Waals surface area contributed by atoms with E-state index in [1.165, 1.54) is 0 Å². The molecule has 0 bridgehead atoms. The second-order valence-corrected chi connectivity index (χ2v) is 1.44. The first-order valence-electron chi connectivity index (χ1n) is 2.01. The summed E-state index contributed by atoms with van der Waals surface area (Å²) in [6.07, 6.45) is 3.56. The summed E-state index contributed by atoms with van der Waals surface area (Å²) >= 11 is 5.30. The van der Waals surface area contributed by atoms with Crippen LogP contribution in [0.15, 0.2) is 6.08 Å². The second-order valence-electron chi connectivity index (χ2n) is 1.07. The molecule has 0 aliphatic carbocycles. The van der Waals surface area contributed by atoms with E-state index in [9.17, 15) is 0 Å². The van der Waals surface area contributed by atoms with Gasteiger partial charge in [0.25, 0.3) is 0 Å². The van der Waals surface area contributed by atoms with E-state index in [1.54, 1.807) is 6.08 Å². The van der Waals surface area contributed by atoms with Gasteiger partial charge in [0.15, 0.2) is 0 Å². The van der Waals surface area contributed by atoms with Crippen LogP contribution in [0.4, 0.5) is 0 Å². The third kappa shape index (κ3) is 10.8. The summed E-state index contributed by atoms with van der Waals surface area (Å²) in [5.74, 6) is 0.716. The van der Waals surface area contributed by atoms with Crippen LogP contribution >= 0.6 is 11.6 Å². The Hall–Kier alpha value is 0.549. The minimum atomic E-state index is 0. The molecule has 0 amide bonds. The van der Waals surface area contributed by atoms with Crippen LogP contribution in [-0.4, -0.2) is 5.88 Å². The van der Waals surface area contributed by atoms with Crippen molar-refractivity contribution < 1.29 is 17.1 Å². The fraction of sp³-hybridized carbons (Fsp3) is 0.600. The number of allylic oxidation sites excluding steroid dienone is 1. The monoisotopic (exact) mass is 166 g/mol. The van der Waals surface area contributed by atoms with Crippen molar-refractivity contribution in [3.8, 4) is 0 Å². The predicted molar refractivity (Wildman–Crippen MR) is 28.8 cm³/mol. The minimum Gasteiger partial charge on any atom is -0.518 e. The van der Waals surface area contributed by atoms with Crippen molar-refractivity contribution in [1.29, 1.82) is 0 Å². The Balaban J connectivity index is 0. The molecule has 0 rings (SSSR count). The Labute approximate surface area is 60.4 Å². The molecule has 0 saturated heterocycles. The molecule has 0 aliphatic rings. The molecule has 0 radical (unpaired) electrons. The maximum atomic E-state index is 5.30. The molecule has 7 heavy (non-hydrogen) atoms.